The summed E-state index contributed by atoms with van der Waals surface area (Å²) in [4.78, 5) is 24.8. The molecule has 0 spiro atoms. The highest BCUT2D eigenvalue weighted by atomic mass is 32.2. The van der Waals surface area contributed by atoms with E-state index in [9.17, 15) is 24.0 Å². The number of rotatable bonds is 8. The molecule has 2 rings (SSSR count). The van der Waals surface area contributed by atoms with Crippen LogP contribution in [-0.4, -0.2) is 36.9 Å². The van der Waals surface area contributed by atoms with E-state index in [0.717, 1.165) is 25.7 Å². The van der Waals surface area contributed by atoms with E-state index in [1.165, 1.54) is 0 Å². The van der Waals surface area contributed by atoms with Gasteiger partial charge < -0.3 is 10.2 Å². The van der Waals surface area contributed by atoms with Crippen LogP contribution in [0.4, 0.5) is 0 Å². The third-order valence-electron chi connectivity index (χ3n) is 7.91. The largest absolute Gasteiger partial charge is 0.480 e. The molecule has 30 heavy (non-hydrogen) atoms. The number of carboxylic acids is 2. The van der Waals surface area contributed by atoms with Gasteiger partial charge in [-0.05, 0) is 73.0 Å². The number of aliphatic carboxylic acids is 2. The molecule has 8 unspecified atom stereocenters. The molecule has 0 aliphatic heterocycles. The second-order valence-electron chi connectivity index (χ2n) is 10.8. The summed E-state index contributed by atoms with van der Waals surface area (Å²) in [6.45, 7) is 12.6. The quantitative estimate of drug-likeness (QED) is 0.548. The molecule has 2 saturated carbocycles. The zero-order chi connectivity index (χ0) is 22.7. The van der Waals surface area contributed by atoms with Gasteiger partial charge in [-0.15, -0.1) is 0 Å². The van der Waals surface area contributed by atoms with Crippen molar-refractivity contribution in [3.05, 3.63) is 0 Å². The van der Waals surface area contributed by atoms with Gasteiger partial charge in [0.15, 0.2) is 0 Å². The molecule has 0 amide bonds. The lowest BCUT2D eigenvalue weighted by Gasteiger charge is -2.43. The summed E-state index contributed by atoms with van der Waals surface area (Å²) >= 11 is 0. The number of carboxylic acid groups (broad SMARTS) is 2. The van der Waals surface area contributed by atoms with Crippen LogP contribution in [0, 0.1) is 47.3 Å². The molecule has 0 aromatic heterocycles. The van der Waals surface area contributed by atoms with Gasteiger partial charge in [-0.2, -0.15) is 0 Å². The molecule has 2 N–H and O–H groups in total. The Bertz CT molecular complexity index is 579. The van der Waals surface area contributed by atoms with Gasteiger partial charge in [0.1, 0.15) is 10.5 Å². The molecule has 0 bridgehead atoms. The normalized spacial score (nSPS) is 35.7. The highest BCUT2D eigenvalue weighted by Crippen LogP contribution is 2.45. The Morgan fingerprint density at radius 1 is 0.700 bits per heavy atom. The van der Waals surface area contributed by atoms with E-state index in [1.807, 2.05) is 0 Å². The van der Waals surface area contributed by atoms with Crippen molar-refractivity contribution in [2.45, 2.75) is 90.6 Å². The summed E-state index contributed by atoms with van der Waals surface area (Å²) in [5, 5.41) is 18.1. The van der Waals surface area contributed by atoms with E-state index < -0.39 is 33.2 Å². The molecule has 0 heterocycles. The van der Waals surface area contributed by atoms with Crippen molar-refractivity contribution < 1.29 is 24.0 Å². The highest BCUT2D eigenvalue weighted by Gasteiger charge is 2.50. The standard InChI is InChI=1S/C24H42O5S/c1-13(2)17-9-7-15(5)11-19(17)21(23(25)26)30(29)22(24(27)28)20-12-16(6)8-10-18(20)14(3)4/h13-22H,7-12H2,1-6H3,(H,25,26)(H,27,28). The van der Waals surface area contributed by atoms with Crippen LogP contribution in [0.3, 0.4) is 0 Å². The molecular weight excluding hydrogens is 400 g/mol. The molecule has 0 aromatic rings. The fraction of sp³-hybridized carbons (Fsp3) is 0.917. The van der Waals surface area contributed by atoms with E-state index in [2.05, 4.69) is 41.5 Å². The molecule has 6 heteroatoms. The van der Waals surface area contributed by atoms with Gasteiger partial charge in [0, 0.05) is 0 Å². The molecule has 0 aromatic carbocycles. The Kier molecular flexibility index (Phi) is 8.96. The fourth-order valence-corrected chi connectivity index (χ4v) is 8.34. The molecule has 8 atom stereocenters. The van der Waals surface area contributed by atoms with Crippen molar-refractivity contribution >= 4 is 22.7 Å². The van der Waals surface area contributed by atoms with Crippen LogP contribution in [0.5, 0.6) is 0 Å². The Balaban J connectivity index is 2.42. The maximum absolute atomic E-state index is 13.8. The zero-order valence-corrected chi connectivity index (χ0v) is 20.4. The first-order chi connectivity index (χ1) is 14.0. The Hall–Kier alpha value is -0.910. The van der Waals surface area contributed by atoms with Crippen molar-refractivity contribution in [2.24, 2.45) is 47.3 Å². The van der Waals surface area contributed by atoms with Gasteiger partial charge in [0.2, 0.25) is 0 Å². The number of hydrogen-bond donors (Lipinski definition) is 2. The van der Waals surface area contributed by atoms with Crippen LogP contribution in [0.25, 0.3) is 0 Å². The predicted octanol–water partition coefficient (Wildman–Crippen LogP) is 5.06. The first kappa shape index (κ1) is 25.4. The highest BCUT2D eigenvalue weighted by molar-refractivity contribution is 7.87. The molecular formula is C24H42O5S. The minimum atomic E-state index is -1.95. The second-order valence-corrected chi connectivity index (χ2v) is 12.5. The zero-order valence-electron chi connectivity index (χ0n) is 19.5. The van der Waals surface area contributed by atoms with E-state index in [1.54, 1.807) is 0 Å². The maximum atomic E-state index is 13.8. The molecule has 2 aliphatic rings. The van der Waals surface area contributed by atoms with Crippen LogP contribution < -0.4 is 0 Å². The van der Waals surface area contributed by atoms with E-state index in [4.69, 9.17) is 0 Å². The van der Waals surface area contributed by atoms with Crippen molar-refractivity contribution in [1.29, 1.82) is 0 Å². The van der Waals surface area contributed by atoms with Crippen LogP contribution in [0.2, 0.25) is 0 Å². The van der Waals surface area contributed by atoms with Crippen molar-refractivity contribution in [2.75, 3.05) is 0 Å². The number of hydrogen-bond acceptors (Lipinski definition) is 3. The first-order valence-electron chi connectivity index (χ1n) is 11.8. The van der Waals surface area contributed by atoms with Gasteiger partial charge in [-0.25, -0.2) is 0 Å². The molecule has 0 radical (unpaired) electrons. The number of carbonyl (C=O) groups is 2. The third-order valence-corrected chi connectivity index (χ3v) is 10.0. The van der Waals surface area contributed by atoms with Crippen molar-refractivity contribution in [3.63, 3.8) is 0 Å². The first-order valence-corrected chi connectivity index (χ1v) is 13.1. The van der Waals surface area contributed by atoms with Crippen LogP contribution in [-0.2, 0) is 20.4 Å². The lowest BCUT2D eigenvalue weighted by Crippen LogP contribution is -2.51. The van der Waals surface area contributed by atoms with Gasteiger partial charge in [0.05, 0.1) is 10.8 Å². The molecule has 2 fully saturated rings. The Labute approximate surface area is 184 Å². The van der Waals surface area contributed by atoms with Gasteiger partial charge in [0.25, 0.3) is 0 Å². The van der Waals surface area contributed by atoms with E-state index in [-0.39, 0.29) is 23.7 Å². The summed E-state index contributed by atoms with van der Waals surface area (Å²) in [6.07, 6.45) is 5.39. The minimum Gasteiger partial charge on any atom is -0.480 e. The van der Waals surface area contributed by atoms with Crippen molar-refractivity contribution in [3.8, 4) is 0 Å². The van der Waals surface area contributed by atoms with Crippen LogP contribution >= 0.6 is 0 Å². The third kappa shape index (κ3) is 5.66. The molecule has 174 valence electrons. The Morgan fingerprint density at radius 2 is 1.03 bits per heavy atom. The summed E-state index contributed by atoms with van der Waals surface area (Å²) in [7, 11) is -1.95. The van der Waals surface area contributed by atoms with Gasteiger partial charge in [-0.1, -0.05) is 54.4 Å². The average Bonchev–Trinajstić information content (AvgIpc) is 2.61. The summed E-state index contributed by atoms with van der Waals surface area (Å²) in [6, 6.07) is 0. The average molecular weight is 443 g/mol. The monoisotopic (exact) mass is 442 g/mol. The van der Waals surface area contributed by atoms with Crippen LogP contribution in [0.1, 0.15) is 80.1 Å². The summed E-state index contributed by atoms with van der Waals surface area (Å²) < 4.78 is 13.8. The summed E-state index contributed by atoms with van der Waals surface area (Å²) in [5.41, 5.74) is 0. The van der Waals surface area contributed by atoms with Crippen LogP contribution in [0.15, 0.2) is 0 Å². The lowest BCUT2D eigenvalue weighted by atomic mass is 9.68. The summed E-state index contributed by atoms with van der Waals surface area (Å²) in [5.74, 6) is -0.941. The molecule has 0 saturated heterocycles. The maximum Gasteiger partial charge on any atom is 0.319 e. The fourth-order valence-electron chi connectivity index (χ4n) is 6.32. The van der Waals surface area contributed by atoms with E-state index in [0.29, 0.717) is 36.5 Å². The van der Waals surface area contributed by atoms with Gasteiger partial charge >= 0.3 is 11.9 Å². The molecule has 5 nitrogen and oxygen atoms in total. The SMILES string of the molecule is CC1CCC(C(C)C)C(C(C(=O)O)S(=O)C(C(=O)O)C2CC(C)CCC2C(C)C)C1. The minimum absolute atomic E-state index is 0.173. The lowest BCUT2D eigenvalue weighted by molar-refractivity contribution is -0.138. The van der Waals surface area contributed by atoms with Crippen molar-refractivity contribution in [1.82, 2.24) is 0 Å². The Morgan fingerprint density at radius 3 is 1.30 bits per heavy atom. The topological polar surface area (TPSA) is 91.7 Å². The predicted molar refractivity (Wildman–Crippen MR) is 121 cm³/mol. The smallest absolute Gasteiger partial charge is 0.319 e. The second kappa shape index (κ2) is 10.6. The van der Waals surface area contributed by atoms with Gasteiger partial charge in [-0.3, -0.25) is 13.8 Å². The molecule has 2 aliphatic carbocycles. The van der Waals surface area contributed by atoms with E-state index >= 15 is 0 Å².